The summed E-state index contributed by atoms with van der Waals surface area (Å²) >= 11 is 0. The SMILES string of the molecule is CCCC1CN(C2C3CNC2C3)C1. The molecule has 3 heterocycles. The highest BCUT2D eigenvalue weighted by Gasteiger charge is 2.51. The molecule has 0 aromatic rings. The molecule has 0 aromatic heterocycles. The molecule has 3 atom stereocenters. The van der Waals surface area contributed by atoms with Gasteiger partial charge in [0.1, 0.15) is 0 Å². The van der Waals surface area contributed by atoms with Gasteiger partial charge in [-0.05, 0) is 31.2 Å². The van der Waals surface area contributed by atoms with Crippen molar-refractivity contribution >= 4 is 0 Å². The maximum atomic E-state index is 3.60. The van der Waals surface area contributed by atoms with Crippen LogP contribution >= 0.6 is 0 Å². The van der Waals surface area contributed by atoms with Crippen LogP contribution in [0.3, 0.4) is 0 Å². The zero-order valence-electron chi connectivity index (χ0n) is 8.50. The molecule has 1 aliphatic carbocycles. The average molecular weight is 180 g/mol. The van der Waals surface area contributed by atoms with Gasteiger partial charge in [-0.2, -0.15) is 0 Å². The fourth-order valence-corrected chi connectivity index (χ4v) is 3.45. The van der Waals surface area contributed by atoms with Crippen LogP contribution in [0.15, 0.2) is 0 Å². The van der Waals surface area contributed by atoms with Crippen LogP contribution in [-0.4, -0.2) is 36.6 Å². The van der Waals surface area contributed by atoms with Crippen LogP contribution in [-0.2, 0) is 0 Å². The second-order valence-corrected chi connectivity index (χ2v) is 5.11. The Morgan fingerprint density at radius 1 is 1.38 bits per heavy atom. The first-order valence-corrected chi connectivity index (χ1v) is 5.86. The van der Waals surface area contributed by atoms with Gasteiger partial charge < -0.3 is 5.32 Å². The summed E-state index contributed by atoms with van der Waals surface area (Å²) in [6, 6.07) is 1.81. The normalized spacial score (nSPS) is 44.5. The van der Waals surface area contributed by atoms with E-state index in [4.69, 9.17) is 0 Å². The first-order chi connectivity index (χ1) is 6.38. The Morgan fingerprint density at radius 2 is 2.23 bits per heavy atom. The second-order valence-electron chi connectivity index (χ2n) is 5.11. The number of fused-ring (bicyclic) bond motifs is 1. The standard InChI is InChI=1S/C11H20N2/c1-2-3-8-6-13(7-8)11-9-4-10(11)12-5-9/h8-12H,2-7H2,1H3. The Bertz CT molecular complexity index is 184. The predicted octanol–water partition coefficient (Wildman–Crippen LogP) is 1.08. The molecule has 0 aromatic carbocycles. The van der Waals surface area contributed by atoms with E-state index in [1.807, 2.05) is 0 Å². The zero-order chi connectivity index (χ0) is 8.84. The lowest BCUT2D eigenvalue weighted by Gasteiger charge is -2.51. The zero-order valence-corrected chi connectivity index (χ0v) is 8.50. The summed E-state index contributed by atoms with van der Waals surface area (Å²) in [6.07, 6.45) is 4.28. The summed E-state index contributed by atoms with van der Waals surface area (Å²) in [5.41, 5.74) is 0. The van der Waals surface area contributed by atoms with Gasteiger partial charge in [-0.1, -0.05) is 13.3 Å². The third-order valence-electron chi connectivity index (χ3n) is 4.20. The number of likely N-dealkylation sites (tertiary alicyclic amines) is 1. The molecule has 3 saturated heterocycles. The fourth-order valence-electron chi connectivity index (χ4n) is 3.45. The minimum absolute atomic E-state index is 0.868. The molecular weight excluding hydrogens is 160 g/mol. The Morgan fingerprint density at radius 3 is 2.77 bits per heavy atom. The summed E-state index contributed by atoms with van der Waals surface area (Å²) in [5, 5.41) is 3.60. The summed E-state index contributed by atoms with van der Waals surface area (Å²) in [4.78, 5) is 2.72. The Labute approximate surface area is 80.7 Å². The van der Waals surface area contributed by atoms with Crippen LogP contribution in [0.1, 0.15) is 26.2 Å². The molecule has 0 spiro atoms. The molecule has 0 radical (unpaired) electrons. The van der Waals surface area contributed by atoms with E-state index in [0.29, 0.717) is 0 Å². The summed E-state index contributed by atoms with van der Waals surface area (Å²) in [5.74, 6) is 2.04. The van der Waals surface area contributed by atoms with E-state index < -0.39 is 0 Å². The number of hydrogen-bond donors (Lipinski definition) is 1. The van der Waals surface area contributed by atoms with Crippen LogP contribution in [0, 0.1) is 11.8 Å². The molecule has 4 rings (SSSR count). The van der Waals surface area contributed by atoms with E-state index in [0.717, 1.165) is 23.9 Å². The van der Waals surface area contributed by atoms with Gasteiger partial charge in [0, 0.05) is 25.2 Å². The molecule has 1 N–H and O–H groups in total. The van der Waals surface area contributed by atoms with Gasteiger partial charge in [-0.25, -0.2) is 0 Å². The number of hydrogen-bond acceptors (Lipinski definition) is 2. The van der Waals surface area contributed by atoms with Gasteiger partial charge in [-0.3, -0.25) is 4.90 Å². The molecule has 4 fully saturated rings. The number of nitrogens with zero attached hydrogens (tertiary/aromatic N) is 1. The van der Waals surface area contributed by atoms with Crippen molar-refractivity contribution in [3.05, 3.63) is 0 Å². The molecule has 4 aliphatic rings. The van der Waals surface area contributed by atoms with Gasteiger partial charge in [0.2, 0.25) is 0 Å². The topological polar surface area (TPSA) is 15.3 Å². The summed E-state index contributed by atoms with van der Waals surface area (Å²) < 4.78 is 0. The summed E-state index contributed by atoms with van der Waals surface area (Å²) in [6.45, 7) is 6.39. The lowest BCUT2D eigenvalue weighted by Crippen LogP contribution is -2.62. The Balaban J connectivity index is 1.49. The van der Waals surface area contributed by atoms with Crippen LogP contribution in [0.25, 0.3) is 0 Å². The highest BCUT2D eigenvalue weighted by Crippen LogP contribution is 2.41. The predicted molar refractivity (Wildman–Crippen MR) is 53.7 cm³/mol. The van der Waals surface area contributed by atoms with Crippen LogP contribution < -0.4 is 5.32 Å². The number of rotatable bonds is 3. The largest absolute Gasteiger partial charge is 0.312 e. The van der Waals surface area contributed by atoms with E-state index >= 15 is 0 Å². The first kappa shape index (κ1) is 8.25. The Kier molecular flexibility index (Phi) is 1.88. The highest BCUT2D eigenvalue weighted by atomic mass is 15.3. The van der Waals surface area contributed by atoms with Crippen molar-refractivity contribution in [2.45, 2.75) is 38.3 Å². The molecule has 3 unspecified atom stereocenters. The Hall–Kier alpha value is -0.0800. The maximum absolute atomic E-state index is 3.60. The third kappa shape index (κ3) is 1.15. The molecular formula is C11H20N2. The maximum Gasteiger partial charge on any atom is 0.0290 e. The van der Waals surface area contributed by atoms with Gasteiger partial charge in [-0.15, -0.1) is 0 Å². The van der Waals surface area contributed by atoms with E-state index in [-0.39, 0.29) is 0 Å². The molecule has 13 heavy (non-hydrogen) atoms. The highest BCUT2D eigenvalue weighted by molar-refractivity contribution is 5.09. The van der Waals surface area contributed by atoms with E-state index in [9.17, 15) is 0 Å². The van der Waals surface area contributed by atoms with Crippen molar-refractivity contribution in [2.75, 3.05) is 19.6 Å². The molecule has 1 saturated carbocycles. The fraction of sp³-hybridized carbons (Fsp3) is 1.00. The van der Waals surface area contributed by atoms with Crippen LogP contribution in [0.4, 0.5) is 0 Å². The van der Waals surface area contributed by atoms with E-state index in [1.54, 1.807) is 0 Å². The third-order valence-corrected chi connectivity index (χ3v) is 4.20. The molecule has 3 aliphatic heterocycles. The van der Waals surface area contributed by atoms with Crippen molar-refractivity contribution in [3.8, 4) is 0 Å². The number of nitrogens with one attached hydrogen (secondary N) is 1. The van der Waals surface area contributed by atoms with Gasteiger partial charge in [0.15, 0.2) is 0 Å². The van der Waals surface area contributed by atoms with Crippen molar-refractivity contribution in [1.29, 1.82) is 0 Å². The van der Waals surface area contributed by atoms with E-state index in [2.05, 4.69) is 17.1 Å². The van der Waals surface area contributed by atoms with Crippen molar-refractivity contribution in [3.63, 3.8) is 0 Å². The van der Waals surface area contributed by atoms with Gasteiger partial charge in [0.25, 0.3) is 0 Å². The monoisotopic (exact) mass is 180 g/mol. The van der Waals surface area contributed by atoms with Crippen molar-refractivity contribution < 1.29 is 0 Å². The van der Waals surface area contributed by atoms with Crippen LogP contribution in [0.2, 0.25) is 0 Å². The van der Waals surface area contributed by atoms with Crippen LogP contribution in [0.5, 0.6) is 0 Å². The molecule has 74 valence electrons. The average Bonchev–Trinajstić information content (AvgIpc) is 2.60. The smallest absolute Gasteiger partial charge is 0.0290 e. The summed E-state index contributed by atoms with van der Waals surface area (Å²) in [7, 11) is 0. The first-order valence-electron chi connectivity index (χ1n) is 5.86. The molecule has 2 bridgehead atoms. The molecule has 2 nitrogen and oxygen atoms in total. The lowest BCUT2D eigenvalue weighted by molar-refractivity contribution is -0.0123. The minimum Gasteiger partial charge on any atom is -0.312 e. The minimum atomic E-state index is 0.868. The van der Waals surface area contributed by atoms with Crippen molar-refractivity contribution in [2.24, 2.45) is 11.8 Å². The molecule has 2 heteroatoms. The van der Waals surface area contributed by atoms with E-state index in [1.165, 1.54) is 38.9 Å². The van der Waals surface area contributed by atoms with Gasteiger partial charge in [0.05, 0.1) is 0 Å². The van der Waals surface area contributed by atoms with Crippen molar-refractivity contribution in [1.82, 2.24) is 10.2 Å². The second kappa shape index (κ2) is 2.96. The quantitative estimate of drug-likeness (QED) is 0.699. The van der Waals surface area contributed by atoms with Gasteiger partial charge >= 0.3 is 0 Å². The molecule has 0 amide bonds. The lowest BCUT2D eigenvalue weighted by atomic mass is 9.76.